The highest BCUT2D eigenvalue weighted by atomic mass is 33.1. The summed E-state index contributed by atoms with van der Waals surface area (Å²) >= 11 is 0. The largest absolute Gasteiger partial charge is 0.519 e. The third kappa shape index (κ3) is 17.0. The molecule has 30 heavy (non-hydrogen) atoms. The fourth-order valence-corrected chi connectivity index (χ4v) is 8.98. The van der Waals surface area contributed by atoms with Crippen LogP contribution < -0.4 is 9.96 Å². The lowest BCUT2D eigenvalue weighted by molar-refractivity contribution is -0.137. The summed E-state index contributed by atoms with van der Waals surface area (Å²) in [4.78, 5) is 32.4. The maximum Gasteiger partial charge on any atom is 0.310 e. The van der Waals surface area contributed by atoms with Crippen LogP contribution >= 0.6 is 21.6 Å². The average molecular weight is 529 g/mol. The van der Waals surface area contributed by atoms with E-state index in [1.54, 1.807) is 21.6 Å². The normalized spacial score (nSPS) is 15.5. The maximum absolute atomic E-state index is 12.7. The molecule has 0 radical (unpaired) electrons. The molecule has 2 unspecified atom stereocenters. The lowest BCUT2D eigenvalue weighted by atomic mass is 10.4. The van der Waals surface area contributed by atoms with Crippen LogP contribution in [-0.2, 0) is 18.4 Å². The van der Waals surface area contributed by atoms with E-state index in [1.807, 2.05) is 39.3 Å². The van der Waals surface area contributed by atoms with Crippen LogP contribution in [0.15, 0.2) is 0 Å². The van der Waals surface area contributed by atoms with Crippen molar-refractivity contribution in [3.63, 3.8) is 0 Å². The monoisotopic (exact) mass is 528 g/mol. The molecule has 6 nitrogen and oxygen atoms in total. The minimum absolute atomic E-state index is 0.153. The quantitative estimate of drug-likeness (QED) is 0.202. The van der Waals surface area contributed by atoms with Crippen LogP contribution in [0.1, 0.15) is 0 Å². The molecule has 178 valence electrons. The highest BCUT2D eigenvalue weighted by Crippen LogP contribution is 2.25. The number of carbonyl (C=O) groups excluding carboxylic acids is 2. The molecule has 0 aromatic heterocycles. The maximum atomic E-state index is 12.7. The second kappa shape index (κ2) is 12.0. The molecule has 0 bridgehead atoms. The van der Waals surface area contributed by atoms with Crippen molar-refractivity contribution in [2.75, 3.05) is 11.5 Å². The fraction of sp³-hybridized carbons (Fsp3) is 0.889. The Bertz CT molecular complexity index is 520. The second-order valence-electron chi connectivity index (χ2n) is 11.5. The van der Waals surface area contributed by atoms with Crippen molar-refractivity contribution in [1.82, 2.24) is 9.96 Å². The number of rotatable bonds is 13. The third-order valence-electron chi connectivity index (χ3n) is 3.15. The van der Waals surface area contributed by atoms with E-state index < -0.39 is 33.1 Å². The zero-order valence-corrected chi connectivity index (χ0v) is 26.7. The van der Waals surface area contributed by atoms with E-state index in [0.29, 0.717) is 11.5 Å². The summed E-state index contributed by atoms with van der Waals surface area (Å²) in [5, 5.41) is 0. The average Bonchev–Trinajstić information content (AvgIpc) is 2.42. The SMILES string of the molecule is C[Si](C)(C)NC(CSSCC(N[Si](C)(C)C)C(=O)O[Si](C)(C)C)C(=O)O[Si](C)(C)C. The molecule has 12 heteroatoms. The third-order valence-corrected chi connectivity index (χ3v) is 9.63. The summed E-state index contributed by atoms with van der Waals surface area (Å²) in [5.74, 6) is 0.918. The van der Waals surface area contributed by atoms with E-state index in [9.17, 15) is 9.59 Å². The Labute approximate surface area is 196 Å². The van der Waals surface area contributed by atoms with Crippen molar-refractivity contribution < 1.29 is 18.4 Å². The van der Waals surface area contributed by atoms with E-state index in [2.05, 4.69) is 49.2 Å². The van der Waals surface area contributed by atoms with E-state index in [-0.39, 0.29) is 24.0 Å². The molecule has 0 aliphatic heterocycles. The molecule has 0 rings (SSSR count). The Morgan fingerprint density at radius 1 is 0.633 bits per heavy atom. The van der Waals surface area contributed by atoms with Gasteiger partial charge in [-0.2, -0.15) is 0 Å². The summed E-state index contributed by atoms with van der Waals surface area (Å²) in [6.45, 7) is 25.2. The first-order valence-corrected chi connectivity index (χ1v) is 26.7. The molecule has 0 amide bonds. The Hall–Kier alpha value is 0.428. The van der Waals surface area contributed by atoms with E-state index in [1.165, 1.54) is 0 Å². The van der Waals surface area contributed by atoms with Crippen LogP contribution in [0.2, 0.25) is 78.6 Å². The standard InChI is InChI=1S/C18H44N2O4S2Si4/c1-27(2,3)19-15(17(21)23-29(7,8)9)13-25-26-14-16(20-28(4,5)6)18(22)24-30(10,11)12/h15-16,19-20H,13-14H2,1-12H3. The van der Waals surface area contributed by atoms with Gasteiger partial charge < -0.3 is 18.8 Å². The Morgan fingerprint density at radius 2 is 0.900 bits per heavy atom. The summed E-state index contributed by atoms with van der Waals surface area (Å²) in [6.07, 6.45) is 0. The van der Waals surface area contributed by atoms with Gasteiger partial charge in [-0.05, 0) is 39.3 Å². The minimum atomic E-state index is -1.94. The van der Waals surface area contributed by atoms with Gasteiger partial charge in [0.05, 0.1) is 0 Å². The van der Waals surface area contributed by atoms with Crippen LogP contribution in [0.3, 0.4) is 0 Å². The van der Waals surface area contributed by atoms with Crippen LogP contribution in [0, 0.1) is 0 Å². The van der Waals surface area contributed by atoms with Gasteiger partial charge in [-0.15, -0.1) is 0 Å². The minimum Gasteiger partial charge on any atom is -0.519 e. The first-order valence-electron chi connectivity index (χ1n) is 10.4. The molecule has 2 N–H and O–H groups in total. The van der Waals surface area contributed by atoms with E-state index in [4.69, 9.17) is 8.85 Å². The smallest absolute Gasteiger partial charge is 0.310 e. The molecule has 0 aliphatic rings. The van der Waals surface area contributed by atoms with Crippen molar-refractivity contribution in [2.45, 2.75) is 90.6 Å². The van der Waals surface area contributed by atoms with Gasteiger partial charge in [0.1, 0.15) is 28.6 Å². The fourth-order valence-electron chi connectivity index (χ4n) is 2.36. The number of nitrogens with one attached hydrogen (secondary N) is 2. The predicted octanol–water partition coefficient (Wildman–Crippen LogP) is 4.71. The Balaban J connectivity index is 4.98. The molecule has 0 spiro atoms. The molecule has 0 saturated heterocycles. The zero-order valence-electron chi connectivity index (χ0n) is 21.0. The van der Waals surface area contributed by atoms with Crippen LogP contribution in [0.25, 0.3) is 0 Å². The van der Waals surface area contributed by atoms with Crippen molar-refractivity contribution in [3.8, 4) is 0 Å². The number of hydrogen-bond acceptors (Lipinski definition) is 8. The van der Waals surface area contributed by atoms with Crippen molar-refractivity contribution in [2.24, 2.45) is 0 Å². The lowest BCUT2D eigenvalue weighted by Gasteiger charge is -2.29. The summed E-state index contributed by atoms with van der Waals surface area (Å²) in [6, 6.07) is -0.642. The molecule has 0 heterocycles. The molecule has 0 aromatic rings. The van der Waals surface area contributed by atoms with Gasteiger partial charge in [0, 0.05) is 11.5 Å². The highest BCUT2D eigenvalue weighted by Gasteiger charge is 2.32. The van der Waals surface area contributed by atoms with Gasteiger partial charge in [-0.25, -0.2) is 0 Å². The summed E-state index contributed by atoms with van der Waals surface area (Å²) in [7, 11) is -3.95. The van der Waals surface area contributed by atoms with Gasteiger partial charge in [-0.1, -0.05) is 60.9 Å². The topological polar surface area (TPSA) is 76.7 Å². The van der Waals surface area contributed by atoms with Gasteiger partial charge in [0.2, 0.25) is 16.6 Å². The van der Waals surface area contributed by atoms with Crippen molar-refractivity contribution in [1.29, 1.82) is 0 Å². The Kier molecular flexibility index (Phi) is 12.2. The van der Waals surface area contributed by atoms with E-state index in [0.717, 1.165) is 0 Å². The van der Waals surface area contributed by atoms with Crippen LogP contribution in [0.4, 0.5) is 0 Å². The molecular formula is C18H44N2O4S2Si4. The molecule has 0 saturated carbocycles. The molecule has 0 fully saturated rings. The second-order valence-corrected chi connectivity index (χ2v) is 32.5. The zero-order chi connectivity index (χ0) is 24.0. The van der Waals surface area contributed by atoms with E-state index >= 15 is 0 Å². The highest BCUT2D eigenvalue weighted by molar-refractivity contribution is 8.76. The van der Waals surface area contributed by atoms with Crippen molar-refractivity contribution >= 4 is 66.6 Å². The molecule has 0 aromatic carbocycles. The van der Waals surface area contributed by atoms with Gasteiger partial charge in [0.25, 0.3) is 0 Å². The summed E-state index contributed by atoms with van der Waals surface area (Å²) in [5.41, 5.74) is 0. The molecule has 0 aliphatic carbocycles. The first-order chi connectivity index (χ1) is 13.2. The predicted molar refractivity (Wildman–Crippen MR) is 144 cm³/mol. The lowest BCUT2D eigenvalue weighted by Crippen LogP contribution is -2.54. The first kappa shape index (κ1) is 30.4. The Morgan fingerprint density at radius 3 is 1.10 bits per heavy atom. The number of hydrogen-bond donors (Lipinski definition) is 2. The summed E-state index contributed by atoms with van der Waals surface area (Å²) < 4.78 is 11.5. The van der Waals surface area contributed by atoms with Gasteiger partial charge in [-0.3, -0.25) is 9.59 Å². The van der Waals surface area contributed by atoms with Crippen LogP contribution in [0.5, 0.6) is 0 Å². The molecule has 2 atom stereocenters. The van der Waals surface area contributed by atoms with Gasteiger partial charge in [0.15, 0.2) is 0 Å². The molecular weight excluding hydrogens is 485 g/mol. The van der Waals surface area contributed by atoms with Crippen molar-refractivity contribution in [3.05, 3.63) is 0 Å². The van der Waals surface area contributed by atoms with Gasteiger partial charge >= 0.3 is 11.9 Å². The van der Waals surface area contributed by atoms with Crippen LogP contribution in [-0.4, -0.2) is 68.6 Å². The number of carbonyl (C=O) groups is 2.